The van der Waals surface area contributed by atoms with E-state index >= 15 is 0 Å². The quantitative estimate of drug-likeness (QED) is 0.846. The molecule has 106 valence electrons. The Balaban J connectivity index is 1.91. The number of thioether (sulfide) groups is 1. The minimum Gasteiger partial charge on any atom is -0.317 e. The molecule has 2 fully saturated rings. The molecule has 0 aromatic heterocycles. The average Bonchev–Trinajstić information content (AvgIpc) is 2.81. The van der Waals surface area contributed by atoms with Gasteiger partial charge in [0.05, 0.1) is 0 Å². The van der Waals surface area contributed by atoms with Crippen LogP contribution in [0.2, 0.25) is 0 Å². The lowest BCUT2D eigenvalue weighted by molar-refractivity contribution is 0.101. The molecule has 0 radical (unpaired) electrons. The highest BCUT2D eigenvalue weighted by molar-refractivity contribution is 7.99. The van der Waals surface area contributed by atoms with Gasteiger partial charge in [-0.15, -0.1) is 0 Å². The Bertz CT molecular complexity index is 261. The van der Waals surface area contributed by atoms with Crippen LogP contribution in [-0.2, 0) is 0 Å². The van der Waals surface area contributed by atoms with Gasteiger partial charge >= 0.3 is 0 Å². The summed E-state index contributed by atoms with van der Waals surface area (Å²) < 4.78 is 0. The Hall–Kier alpha value is 0.270. The van der Waals surface area contributed by atoms with Crippen molar-refractivity contribution in [1.29, 1.82) is 0 Å². The van der Waals surface area contributed by atoms with E-state index in [1.54, 1.807) is 0 Å². The van der Waals surface area contributed by atoms with E-state index in [9.17, 15) is 0 Å². The van der Waals surface area contributed by atoms with Crippen LogP contribution >= 0.6 is 11.8 Å². The Morgan fingerprint density at radius 3 is 2.72 bits per heavy atom. The third-order valence-electron chi connectivity index (χ3n) is 4.94. The Kier molecular flexibility index (Phi) is 5.01. The van der Waals surface area contributed by atoms with Crippen LogP contribution in [0, 0.1) is 11.3 Å². The maximum atomic E-state index is 3.56. The second-order valence-electron chi connectivity index (χ2n) is 7.02. The zero-order chi connectivity index (χ0) is 13.2. The van der Waals surface area contributed by atoms with Crippen molar-refractivity contribution < 1.29 is 0 Å². The van der Waals surface area contributed by atoms with E-state index in [2.05, 4.69) is 49.9 Å². The van der Waals surface area contributed by atoms with E-state index in [4.69, 9.17) is 0 Å². The second kappa shape index (κ2) is 6.15. The third-order valence-corrected chi connectivity index (χ3v) is 6.08. The van der Waals surface area contributed by atoms with E-state index < -0.39 is 0 Å². The molecular weight excluding hydrogens is 240 g/mol. The lowest BCUT2D eigenvalue weighted by Crippen LogP contribution is -2.47. The summed E-state index contributed by atoms with van der Waals surface area (Å²) in [5.74, 6) is 3.53. The Morgan fingerprint density at radius 1 is 1.33 bits per heavy atom. The summed E-state index contributed by atoms with van der Waals surface area (Å²) in [7, 11) is 4.48. The molecule has 0 amide bonds. The predicted octanol–water partition coefficient (Wildman–Crippen LogP) is 2.84. The molecule has 2 rings (SSSR count). The molecule has 1 N–H and O–H groups in total. The van der Waals surface area contributed by atoms with E-state index in [0.717, 1.165) is 18.0 Å². The molecule has 0 spiro atoms. The molecule has 1 saturated heterocycles. The summed E-state index contributed by atoms with van der Waals surface area (Å²) >= 11 is 2.12. The number of nitrogens with zero attached hydrogens (tertiary/aromatic N) is 1. The maximum Gasteiger partial charge on any atom is 0.0191 e. The standard InChI is InChI=1S/C15H30N2S/c1-15(2)7-5-14(16-3)12(9-15)10-17(4)13-6-8-18-11-13/h12-14,16H,5-11H2,1-4H3. The van der Waals surface area contributed by atoms with Crippen molar-refractivity contribution in [3.63, 3.8) is 0 Å². The smallest absolute Gasteiger partial charge is 0.0191 e. The third kappa shape index (κ3) is 3.64. The van der Waals surface area contributed by atoms with Crippen LogP contribution < -0.4 is 5.32 Å². The first-order valence-electron chi connectivity index (χ1n) is 7.47. The van der Waals surface area contributed by atoms with E-state index in [-0.39, 0.29) is 0 Å². The summed E-state index contributed by atoms with van der Waals surface area (Å²) in [4.78, 5) is 2.64. The van der Waals surface area contributed by atoms with Gasteiger partial charge in [0, 0.05) is 24.4 Å². The minimum atomic E-state index is 0.545. The van der Waals surface area contributed by atoms with Crippen molar-refractivity contribution in [1.82, 2.24) is 10.2 Å². The topological polar surface area (TPSA) is 15.3 Å². The van der Waals surface area contributed by atoms with Crippen molar-refractivity contribution in [2.45, 2.75) is 51.6 Å². The van der Waals surface area contributed by atoms with Crippen LogP contribution in [0.3, 0.4) is 0 Å². The highest BCUT2D eigenvalue weighted by atomic mass is 32.2. The van der Waals surface area contributed by atoms with Gasteiger partial charge in [-0.3, -0.25) is 0 Å². The molecule has 0 aromatic rings. The van der Waals surface area contributed by atoms with E-state index in [0.29, 0.717) is 5.41 Å². The average molecular weight is 270 g/mol. The van der Waals surface area contributed by atoms with Gasteiger partial charge in [0.2, 0.25) is 0 Å². The van der Waals surface area contributed by atoms with Crippen molar-refractivity contribution >= 4 is 11.8 Å². The molecule has 0 bridgehead atoms. The highest BCUT2D eigenvalue weighted by Crippen LogP contribution is 2.39. The molecule has 1 aliphatic heterocycles. The molecule has 18 heavy (non-hydrogen) atoms. The van der Waals surface area contributed by atoms with Crippen molar-refractivity contribution in [2.75, 3.05) is 32.1 Å². The molecular formula is C15H30N2S. The molecule has 1 aliphatic carbocycles. The SMILES string of the molecule is CNC1CCC(C)(C)CC1CN(C)C1CCSC1. The molecule has 3 unspecified atom stereocenters. The summed E-state index contributed by atoms with van der Waals surface area (Å²) in [5, 5.41) is 3.56. The van der Waals surface area contributed by atoms with Gasteiger partial charge in [-0.25, -0.2) is 0 Å². The number of rotatable bonds is 4. The number of nitrogens with one attached hydrogen (secondary N) is 1. The monoisotopic (exact) mass is 270 g/mol. The lowest BCUT2D eigenvalue weighted by Gasteiger charge is -2.43. The molecule has 1 saturated carbocycles. The molecule has 2 aliphatic rings. The van der Waals surface area contributed by atoms with Gasteiger partial charge in [0.25, 0.3) is 0 Å². The predicted molar refractivity (Wildman–Crippen MR) is 82.3 cm³/mol. The Labute approximate surface area is 117 Å². The second-order valence-corrected chi connectivity index (χ2v) is 8.17. The molecule has 3 atom stereocenters. The van der Waals surface area contributed by atoms with Crippen molar-refractivity contribution in [3.8, 4) is 0 Å². The zero-order valence-corrected chi connectivity index (χ0v) is 13.4. The first-order chi connectivity index (χ1) is 8.52. The van der Waals surface area contributed by atoms with Crippen LogP contribution in [0.1, 0.15) is 39.5 Å². The van der Waals surface area contributed by atoms with Gasteiger partial charge in [-0.05, 0) is 56.9 Å². The number of hydrogen-bond donors (Lipinski definition) is 1. The normalized spacial score (nSPS) is 36.2. The minimum absolute atomic E-state index is 0.545. The van der Waals surface area contributed by atoms with Gasteiger partial charge in [0.15, 0.2) is 0 Å². The molecule has 3 heteroatoms. The highest BCUT2D eigenvalue weighted by Gasteiger charge is 2.35. The van der Waals surface area contributed by atoms with Crippen LogP contribution in [0.5, 0.6) is 0 Å². The van der Waals surface area contributed by atoms with E-state index in [1.165, 1.54) is 43.7 Å². The Morgan fingerprint density at radius 2 is 2.11 bits per heavy atom. The number of hydrogen-bond acceptors (Lipinski definition) is 3. The fourth-order valence-electron chi connectivity index (χ4n) is 3.70. The first kappa shape index (κ1) is 14.7. The molecule has 2 nitrogen and oxygen atoms in total. The summed E-state index contributed by atoms with van der Waals surface area (Å²) in [6.07, 6.45) is 5.49. The van der Waals surface area contributed by atoms with Crippen LogP contribution in [0.15, 0.2) is 0 Å². The fourth-order valence-corrected chi connectivity index (χ4v) is 5.00. The summed E-state index contributed by atoms with van der Waals surface area (Å²) in [5.41, 5.74) is 0.545. The van der Waals surface area contributed by atoms with Gasteiger partial charge in [0.1, 0.15) is 0 Å². The van der Waals surface area contributed by atoms with Crippen LogP contribution in [0.25, 0.3) is 0 Å². The van der Waals surface area contributed by atoms with Crippen molar-refractivity contribution in [2.24, 2.45) is 11.3 Å². The fraction of sp³-hybridized carbons (Fsp3) is 1.00. The maximum absolute atomic E-state index is 3.56. The molecule has 1 heterocycles. The van der Waals surface area contributed by atoms with Gasteiger partial charge < -0.3 is 10.2 Å². The van der Waals surface area contributed by atoms with Crippen LogP contribution in [0.4, 0.5) is 0 Å². The molecule has 0 aromatic carbocycles. The zero-order valence-electron chi connectivity index (χ0n) is 12.5. The van der Waals surface area contributed by atoms with Gasteiger partial charge in [-0.2, -0.15) is 11.8 Å². The summed E-state index contributed by atoms with van der Waals surface area (Å²) in [6.45, 7) is 6.16. The van der Waals surface area contributed by atoms with Gasteiger partial charge in [-0.1, -0.05) is 13.8 Å². The van der Waals surface area contributed by atoms with Crippen molar-refractivity contribution in [3.05, 3.63) is 0 Å². The van der Waals surface area contributed by atoms with E-state index in [1.807, 2.05) is 0 Å². The summed E-state index contributed by atoms with van der Waals surface area (Å²) in [6, 6.07) is 1.56. The lowest BCUT2D eigenvalue weighted by atomic mass is 9.69. The largest absolute Gasteiger partial charge is 0.317 e. The van der Waals surface area contributed by atoms with Crippen LogP contribution in [-0.4, -0.2) is 49.1 Å². The first-order valence-corrected chi connectivity index (χ1v) is 8.62.